The number of aromatic nitrogens is 3. The first-order valence-corrected chi connectivity index (χ1v) is 12.0. The molecular weight excluding hydrogens is 398 g/mol. The van der Waals surface area contributed by atoms with Crippen molar-refractivity contribution in [1.29, 1.82) is 0 Å². The Labute approximate surface area is 181 Å². The van der Waals surface area contributed by atoms with E-state index < -0.39 is 0 Å². The van der Waals surface area contributed by atoms with Crippen molar-refractivity contribution in [3.63, 3.8) is 0 Å². The highest BCUT2D eigenvalue weighted by molar-refractivity contribution is 7.99. The minimum Gasteiger partial charge on any atom is -0.493 e. The molecule has 1 N–H and O–H groups in total. The molecule has 1 aromatic heterocycles. The van der Waals surface area contributed by atoms with Gasteiger partial charge in [0.2, 0.25) is 11.9 Å². The molecule has 3 heterocycles. The maximum absolute atomic E-state index is 12.7. The van der Waals surface area contributed by atoms with E-state index >= 15 is 0 Å². The Balaban J connectivity index is 1.23. The summed E-state index contributed by atoms with van der Waals surface area (Å²) in [5, 5.41) is 13.0. The van der Waals surface area contributed by atoms with Crippen molar-refractivity contribution in [2.45, 2.75) is 56.3 Å². The van der Waals surface area contributed by atoms with Crippen molar-refractivity contribution in [2.24, 2.45) is 5.92 Å². The maximum atomic E-state index is 12.7. The smallest absolute Gasteiger partial charge is 0.230 e. The van der Waals surface area contributed by atoms with E-state index in [0.717, 1.165) is 47.8 Å². The number of hydrogen-bond donors (Lipinski definition) is 1. The van der Waals surface area contributed by atoms with E-state index in [1.54, 1.807) is 0 Å². The molecule has 5 rings (SSSR count). The summed E-state index contributed by atoms with van der Waals surface area (Å²) in [5.74, 6) is 3.02. The Bertz CT molecular complexity index is 905. The molecule has 30 heavy (non-hydrogen) atoms. The number of anilines is 1. The van der Waals surface area contributed by atoms with Gasteiger partial charge in [0, 0.05) is 31.1 Å². The highest BCUT2D eigenvalue weighted by Crippen LogP contribution is 2.41. The van der Waals surface area contributed by atoms with E-state index in [4.69, 9.17) is 4.74 Å². The average molecular weight is 428 g/mol. The third kappa shape index (κ3) is 4.15. The number of nitrogens with one attached hydrogen (secondary N) is 1. The number of benzene rings is 1. The normalized spacial score (nSPS) is 21.8. The van der Waals surface area contributed by atoms with Crippen LogP contribution in [0.5, 0.6) is 5.75 Å². The molecule has 1 atom stereocenters. The Morgan fingerprint density at radius 2 is 1.97 bits per heavy atom. The number of carbonyl (C=O) groups excluding carboxylic acids is 1. The summed E-state index contributed by atoms with van der Waals surface area (Å²) in [5.41, 5.74) is 1.06. The lowest BCUT2D eigenvalue weighted by Gasteiger charge is -2.31. The van der Waals surface area contributed by atoms with E-state index in [1.165, 1.54) is 37.4 Å². The Kier molecular flexibility index (Phi) is 5.58. The highest BCUT2D eigenvalue weighted by atomic mass is 32.2. The summed E-state index contributed by atoms with van der Waals surface area (Å²) in [7, 11) is 0. The average Bonchev–Trinajstić information content (AvgIpc) is 3.52. The summed E-state index contributed by atoms with van der Waals surface area (Å²) in [6.45, 7) is 5.03. The molecule has 1 saturated carbocycles. The minimum atomic E-state index is 0.00949. The molecule has 3 aliphatic rings. The van der Waals surface area contributed by atoms with Crippen LogP contribution in [0.15, 0.2) is 29.4 Å². The summed E-state index contributed by atoms with van der Waals surface area (Å²) in [6.07, 6.45) is 5.55. The fourth-order valence-electron chi connectivity index (χ4n) is 4.30. The number of nitrogens with zero attached hydrogens (tertiary/aromatic N) is 4. The van der Waals surface area contributed by atoms with Crippen LogP contribution in [0.4, 0.5) is 5.95 Å². The van der Waals surface area contributed by atoms with Gasteiger partial charge in [-0.05, 0) is 37.7 Å². The predicted molar refractivity (Wildman–Crippen MR) is 117 cm³/mol. The molecule has 0 spiro atoms. The van der Waals surface area contributed by atoms with Crippen LogP contribution in [0.3, 0.4) is 0 Å². The number of thioether (sulfide) groups is 1. The van der Waals surface area contributed by atoms with Crippen LogP contribution in [0.2, 0.25) is 0 Å². The van der Waals surface area contributed by atoms with E-state index in [1.807, 2.05) is 24.3 Å². The molecule has 1 saturated heterocycles. The summed E-state index contributed by atoms with van der Waals surface area (Å²) < 4.78 is 7.97. The molecule has 2 aliphatic heterocycles. The second-order valence-corrected chi connectivity index (χ2v) is 9.58. The van der Waals surface area contributed by atoms with Gasteiger partial charge in [0.25, 0.3) is 0 Å². The van der Waals surface area contributed by atoms with Crippen molar-refractivity contribution in [2.75, 3.05) is 30.3 Å². The third-order valence-electron chi connectivity index (χ3n) is 6.25. The molecule has 0 unspecified atom stereocenters. The van der Waals surface area contributed by atoms with Gasteiger partial charge in [0.1, 0.15) is 5.75 Å². The molecule has 1 aliphatic carbocycles. The number of carbonyl (C=O) groups is 1. The first kappa shape index (κ1) is 19.7. The molecule has 0 radical (unpaired) electrons. The molecule has 2 fully saturated rings. The van der Waals surface area contributed by atoms with Crippen molar-refractivity contribution in [3.05, 3.63) is 29.8 Å². The lowest BCUT2D eigenvalue weighted by molar-refractivity contribution is -0.119. The van der Waals surface area contributed by atoms with E-state index in [2.05, 4.69) is 31.9 Å². The predicted octanol–water partition coefficient (Wildman–Crippen LogP) is 3.58. The second-order valence-electron chi connectivity index (χ2n) is 8.64. The number of amides is 1. The van der Waals surface area contributed by atoms with E-state index in [0.29, 0.717) is 18.4 Å². The standard InChI is InChI=1S/C22H29N5O2S/c1-15-8-11-26(12-9-15)21-24-25-22(27(21)16-6-7-16)30-14-20(28)23-18-10-13-29-19-5-3-2-4-17(18)19/h2-5,15-16,18H,6-14H2,1H3,(H,23,28)/t18-/m1/s1. The second kappa shape index (κ2) is 8.49. The van der Waals surface area contributed by atoms with Crippen LogP contribution in [-0.4, -0.2) is 46.1 Å². The van der Waals surface area contributed by atoms with Crippen LogP contribution in [0, 0.1) is 5.92 Å². The van der Waals surface area contributed by atoms with Gasteiger partial charge in [0.05, 0.1) is 18.4 Å². The molecule has 1 amide bonds. The number of piperidine rings is 1. The van der Waals surface area contributed by atoms with Crippen molar-refractivity contribution >= 4 is 23.6 Å². The lowest BCUT2D eigenvalue weighted by Crippen LogP contribution is -2.35. The zero-order valence-corrected chi connectivity index (χ0v) is 18.2. The first-order chi connectivity index (χ1) is 14.7. The molecule has 2 aromatic rings. The Hall–Kier alpha value is -2.22. The lowest BCUT2D eigenvalue weighted by atomic mass is 10.00. The largest absolute Gasteiger partial charge is 0.493 e. The highest BCUT2D eigenvalue weighted by Gasteiger charge is 2.33. The zero-order valence-electron chi connectivity index (χ0n) is 17.4. The molecular formula is C22H29N5O2S. The van der Waals surface area contributed by atoms with Crippen molar-refractivity contribution in [1.82, 2.24) is 20.1 Å². The van der Waals surface area contributed by atoms with Gasteiger partial charge in [-0.2, -0.15) is 0 Å². The topological polar surface area (TPSA) is 72.3 Å². The Morgan fingerprint density at radius 1 is 1.17 bits per heavy atom. The van der Waals surface area contributed by atoms with Crippen LogP contribution in [0.1, 0.15) is 56.7 Å². The number of fused-ring (bicyclic) bond motifs is 1. The first-order valence-electron chi connectivity index (χ1n) is 11.0. The zero-order chi connectivity index (χ0) is 20.5. The van der Waals surface area contributed by atoms with Crippen LogP contribution in [0.25, 0.3) is 0 Å². The van der Waals surface area contributed by atoms with Crippen molar-refractivity contribution in [3.8, 4) is 5.75 Å². The third-order valence-corrected chi connectivity index (χ3v) is 7.19. The summed E-state index contributed by atoms with van der Waals surface area (Å²) >= 11 is 1.50. The quantitative estimate of drug-likeness (QED) is 0.711. The number of ether oxygens (including phenoxy) is 1. The van der Waals surface area contributed by atoms with Gasteiger partial charge in [-0.1, -0.05) is 36.9 Å². The molecule has 7 nitrogen and oxygen atoms in total. The van der Waals surface area contributed by atoms with Crippen LogP contribution >= 0.6 is 11.8 Å². The monoisotopic (exact) mass is 427 g/mol. The van der Waals surface area contributed by atoms with E-state index in [-0.39, 0.29) is 11.9 Å². The maximum Gasteiger partial charge on any atom is 0.230 e. The fourth-order valence-corrected chi connectivity index (χ4v) is 5.11. The molecule has 0 bridgehead atoms. The Morgan fingerprint density at radius 3 is 2.77 bits per heavy atom. The van der Waals surface area contributed by atoms with Crippen molar-refractivity contribution < 1.29 is 9.53 Å². The SMILES string of the molecule is CC1CCN(c2nnc(SCC(=O)N[C@@H]3CCOc4ccccc43)n2C2CC2)CC1. The van der Waals surface area contributed by atoms with Gasteiger partial charge in [0.15, 0.2) is 5.16 Å². The minimum absolute atomic E-state index is 0.00949. The number of rotatable bonds is 6. The van der Waals surface area contributed by atoms with E-state index in [9.17, 15) is 4.79 Å². The van der Waals surface area contributed by atoms with Gasteiger partial charge >= 0.3 is 0 Å². The van der Waals surface area contributed by atoms with Crippen LogP contribution in [-0.2, 0) is 4.79 Å². The summed E-state index contributed by atoms with van der Waals surface area (Å²) in [4.78, 5) is 15.1. The molecule has 160 valence electrons. The van der Waals surface area contributed by atoms with Gasteiger partial charge in [-0.15, -0.1) is 10.2 Å². The number of hydrogen-bond acceptors (Lipinski definition) is 6. The van der Waals surface area contributed by atoms with Crippen LogP contribution < -0.4 is 15.0 Å². The van der Waals surface area contributed by atoms with Gasteiger partial charge in [-0.3, -0.25) is 9.36 Å². The van der Waals surface area contributed by atoms with Gasteiger partial charge in [-0.25, -0.2) is 0 Å². The summed E-state index contributed by atoms with van der Waals surface area (Å²) in [6, 6.07) is 8.44. The molecule has 1 aromatic carbocycles. The van der Waals surface area contributed by atoms with Gasteiger partial charge < -0.3 is 15.0 Å². The fraction of sp³-hybridized carbons (Fsp3) is 0.591. The number of para-hydroxylation sites is 1. The molecule has 8 heteroatoms.